The molecule has 0 spiro atoms. The van der Waals surface area contributed by atoms with E-state index in [1.807, 2.05) is 50.2 Å². The second-order valence-corrected chi connectivity index (χ2v) is 11.1. The summed E-state index contributed by atoms with van der Waals surface area (Å²) < 4.78 is 26.3. The highest BCUT2D eigenvalue weighted by atomic mass is 32.2. The minimum Gasteiger partial charge on any atom is -0.354 e. The molecule has 2 amide bonds. The van der Waals surface area contributed by atoms with E-state index in [-0.39, 0.29) is 24.8 Å². The standard InChI is InChI=1S/C28H41N3O4S/c1-6-8-19-29-28(33)23(4)30(21-25-13-10-9-12-22(25)3)27(32)14-11-20-31(36(5,34)35)26-17-15-24(7-2)16-18-26/h9-10,12-13,15-18,23H,6-8,11,14,19-21H2,1-5H3,(H,29,33)/t23-/m0/s1. The zero-order valence-corrected chi connectivity index (χ0v) is 23.1. The number of hydrogen-bond donors (Lipinski definition) is 1. The summed E-state index contributed by atoms with van der Waals surface area (Å²) in [7, 11) is -3.51. The van der Waals surface area contributed by atoms with E-state index in [0.717, 1.165) is 36.0 Å². The van der Waals surface area contributed by atoms with Gasteiger partial charge in [-0.3, -0.25) is 13.9 Å². The number of anilines is 1. The van der Waals surface area contributed by atoms with Gasteiger partial charge in [-0.1, -0.05) is 56.7 Å². The minimum absolute atomic E-state index is 0.136. The first-order chi connectivity index (χ1) is 17.1. The molecule has 36 heavy (non-hydrogen) atoms. The summed E-state index contributed by atoms with van der Waals surface area (Å²) in [6.07, 6.45) is 4.38. The van der Waals surface area contributed by atoms with Gasteiger partial charge in [-0.2, -0.15) is 0 Å². The third-order valence-electron chi connectivity index (χ3n) is 6.38. The summed E-state index contributed by atoms with van der Waals surface area (Å²) in [6, 6.07) is 14.6. The average molecular weight is 516 g/mol. The first-order valence-electron chi connectivity index (χ1n) is 12.8. The number of benzene rings is 2. The van der Waals surface area contributed by atoms with Gasteiger partial charge < -0.3 is 10.2 Å². The smallest absolute Gasteiger partial charge is 0.242 e. The number of hydrogen-bond acceptors (Lipinski definition) is 4. The van der Waals surface area contributed by atoms with Crippen LogP contribution in [0.4, 0.5) is 5.69 Å². The molecule has 198 valence electrons. The predicted octanol–water partition coefficient (Wildman–Crippen LogP) is 4.44. The van der Waals surface area contributed by atoms with E-state index in [4.69, 9.17) is 0 Å². The third kappa shape index (κ3) is 8.66. The lowest BCUT2D eigenvalue weighted by molar-refractivity contribution is -0.140. The van der Waals surface area contributed by atoms with E-state index < -0.39 is 16.1 Å². The Morgan fingerprint density at radius 1 is 1.00 bits per heavy atom. The number of nitrogens with one attached hydrogen (secondary N) is 1. The highest BCUT2D eigenvalue weighted by Gasteiger charge is 2.26. The molecule has 1 atom stereocenters. The Bertz CT molecular complexity index is 1100. The van der Waals surface area contributed by atoms with Gasteiger partial charge in [0.15, 0.2) is 0 Å². The van der Waals surface area contributed by atoms with Crippen LogP contribution in [0.1, 0.15) is 63.1 Å². The quantitative estimate of drug-likeness (QED) is 0.377. The summed E-state index contributed by atoms with van der Waals surface area (Å²) in [5.41, 5.74) is 3.74. The summed E-state index contributed by atoms with van der Waals surface area (Å²) in [5.74, 6) is -0.356. The number of unbranched alkanes of at least 4 members (excludes halogenated alkanes) is 1. The minimum atomic E-state index is -3.51. The molecule has 0 radical (unpaired) electrons. The molecule has 7 nitrogen and oxygen atoms in total. The first kappa shape index (κ1) is 29.4. The molecule has 0 saturated heterocycles. The second kappa shape index (κ2) is 14.0. The molecule has 0 bridgehead atoms. The molecule has 0 aliphatic rings. The molecule has 1 N–H and O–H groups in total. The zero-order chi connectivity index (χ0) is 26.7. The van der Waals surface area contributed by atoms with Crippen molar-refractivity contribution in [2.24, 2.45) is 0 Å². The van der Waals surface area contributed by atoms with Gasteiger partial charge in [-0.25, -0.2) is 8.42 Å². The average Bonchev–Trinajstić information content (AvgIpc) is 2.85. The molecule has 0 saturated carbocycles. The molecule has 2 rings (SSSR count). The van der Waals surface area contributed by atoms with Crippen molar-refractivity contribution in [3.05, 3.63) is 65.2 Å². The summed E-state index contributed by atoms with van der Waals surface area (Å²) >= 11 is 0. The number of nitrogens with zero attached hydrogens (tertiary/aromatic N) is 2. The van der Waals surface area contributed by atoms with Gasteiger partial charge in [0.05, 0.1) is 11.9 Å². The van der Waals surface area contributed by atoms with Crippen LogP contribution in [-0.2, 0) is 32.6 Å². The zero-order valence-electron chi connectivity index (χ0n) is 22.3. The van der Waals surface area contributed by atoms with Crippen LogP contribution in [0, 0.1) is 6.92 Å². The van der Waals surface area contributed by atoms with Gasteiger partial charge in [-0.05, 0) is 61.9 Å². The second-order valence-electron chi connectivity index (χ2n) is 9.23. The maximum atomic E-state index is 13.4. The highest BCUT2D eigenvalue weighted by molar-refractivity contribution is 7.92. The van der Waals surface area contributed by atoms with Crippen molar-refractivity contribution in [2.75, 3.05) is 23.7 Å². The number of aryl methyl sites for hydroxylation is 2. The van der Waals surface area contributed by atoms with Crippen molar-refractivity contribution in [1.29, 1.82) is 0 Å². The van der Waals surface area contributed by atoms with E-state index in [0.29, 0.717) is 25.2 Å². The first-order valence-corrected chi connectivity index (χ1v) is 14.6. The summed E-state index contributed by atoms with van der Waals surface area (Å²) in [4.78, 5) is 27.8. The lowest BCUT2D eigenvalue weighted by atomic mass is 10.1. The lowest BCUT2D eigenvalue weighted by Gasteiger charge is -2.30. The Morgan fingerprint density at radius 2 is 1.67 bits per heavy atom. The molecular weight excluding hydrogens is 474 g/mol. The van der Waals surface area contributed by atoms with Gasteiger partial charge in [0.1, 0.15) is 6.04 Å². The Balaban J connectivity index is 2.15. The van der Waals surface area contributed by atoms with Gasteiger partial charge in [0.25, 0.3) is 0 Å². The Morgan fingerprint density at radius 3 is 2.25 bits per heavy atom. The molecule has 8 heteroatoms. The van der Waals surface area contributed by atoms with E-state index in [1.54, 1.807) is 24.0 Å². The highest BCUT2D eigenvalue weighted by Crippen LogP contribution is 2.20. The third-order valence-corrected chi connectivity index (χ3v) is 7.58. The number of carbonyl (C=O) groups is 2. The Kier molecular flexibility index (Phi) is 11.4. The van der Waals surface area contributed by atoms with Crippen molar-refractivity contribution >= 4 is 27.5 Å². The van der Waals surface area contributed by atoms with Crippen LogP contribution in [0.2, 0.25) is 0 Å². The molecular formula is C28H41N3O4S. The molecule has 0 unspecified atom stereocenters. The SMILES string of the molecule is CCCCNC(=O)[C@H](C)N(Cc1ccccc1C)C(=O)CCCN(c1ccc(CC)cc1)S(C)(=O)=O. The molecule has 2 aromatic carbocycles. The van der Waals surface area contributed by atoms with Crippen molar-refractivity contribution in [3.63, 3.8) is 0 Å². The normalized spacial score (nSPS) is 12.1. The van der Waals surface area contributed by atoms with E-state index in [2.05, 4.69) is 12.2 Å². The van der Waals surface area contributed by atoms with Crippen molar-refractivity contribution in [1.82, 2.24) is 10.2 Å². The topological polar surface area (TPSA) is 86.8 Å². The largest absolute Gasteiger partial charge is 0.354 e. The molecule has 0 aromatic heterocycles. The van der Waals surface area contributed by atoms with Gasteiger partial charge in [0, 0.05) is 26.1 Å². The predicted molar refractivity (Wildman–Crippen MR) is 146 cm³/mol. The van der Waals surface area contributed by atoms with E-state index in [9.17, 15) is 18.0 Å². The van der Waals surface area contributed by atoms with E-state index in [1.165, 1.54) is 10.6 Å². The van der Waals surface area contributed by atoms with Crippen LogP contribution < -0.4 is 9.62 Å². The molecule has 0 fully saturated rings. The molecule has 0 aliphatic heterocycles. The van der Waals surface area contributed by atoms with Crippen molar-refractivity contribution in [3.8, 4) is 0 Å². The molecule has 2 aromatic rings. The van der Waals surface area contributed by atoms with Gasteiger partial charge in [0.2, 0.25) is 21.8 Å². The maximum absolute atomic E-state index is 13.4. The fraction of sp³-hybridized carbons (Fsp3) is 0.500. The van der Waals surface area contributed by atoms with Gasteiger partial charge >= 0.3 is 0 Å². The fourth-order valence-corrected chi connectivity index (χ4v) is 4.96. The summed E-state index contributed by atoms with van der Waals surface area (Å²) in [6.45, 7) is 8.91. The van der Waals surface area contributed by atoms with Crippen molar-refractivity contribution < 1.29 is 18.0 Å². The van der Waals surface area contributed by atoms with Crippen LogP contribution in [0.5, 0.6) is 0 Å². The number of rotatable bonds is 14. The van der Waals surface area contributed by atoms with E-state index >= 15 is 0 Å². The van der Waals surface area contributed by atoms with Crippen LogP contribution in [0.25, 0.3) is 0 Å². The van der Waals surface area contributed by atoms with Crippen LogP contribution in [-0.4, -0.2) is 50.5 Å². The Hall–Kier alpha value is -2.87. The number of amides is 2. The van der Waals surface area contributed by atoms with Crippen LogP contribution >= 0.6 is 0 Å². The number of sulfonamides is 1. The van der Waals surface area contributed by atoms with Crippen LogP contribution in [0.3, 0.4) is 0 Å². The van der Waals surface area contributed by atoms with Crippen molar-refractivity contribution in [2.45, 2.75) is 72.4 Å². The van der Waals surface area contributed by atoms with Crippen LogP contribution in [0.15, 0.2) is 48.5 Å². The maximum Gasteiger partial charge on any atom is 0.242 e. The number of carbonyl (C=O) groups excluding carboxylic acids is 2. The summed E-state index contributed by atoms with van der Waals surface area (Å²) in [5, 5.41) is 2.92. The molecule has 0 heterocycles. The monoisotopic (exact) mass is 515 g/mol. The van der Waals surface area contributed by atoms with Gasteiger partial charge in [-0.15, -0.1) is 0 Å². The lowest BCUT2D eigenvalue weighted by Crippen LogP contribution is -2.48. The Labute approximate surface area is 216 Å². The molecule has 0 aliphatic carbocycles. The fourth-order valence-electron chi connectivity index (χ4n) is 3.99.